The quantitative estimate of drug-likeness (QED) is 0.171. The van der Waals surface area contributed by atoms with Crippen molar-refractivity contribution in [3.05, 3.63) is 97.6 Å². The minimum Gasteiger partial charge on any atom is -0.416 e. The van der Waals surface area contributed by atoms with Crippen molar-refractivity contribution >= 4 is 41.8 Å². The number of nitrogens with zero attached hydrogens (tertiary/aromatic N) is 2. The molecule has 0 spiro atoms. The third-order valence-electron chi connectivity index (χ3n) is 7.47. The van der Waals surface area contributed by atoms with E-state index in [2.05, 4.69) is 110 Å². The van der Waals surface area contributed by atoms with Gasteiger partial charge in [0.25, 0.3) is 5.56 Å². The number of halogens is 1. The molecule has 0 aliphatic carbocycles. The topological polar surface area (TPSA) is 36.2 Å². The Morgan fingerprint density at radius 3 is 2.29 bits per heavy atom. The SMILES string of the molecule is Cc1ccccc1-n1c(I)cc2c(C(CO[Si](C)(C)C(C)(C)C)c3ccccc3)cn(C)c(=O)c21. The number of rotatable bonds is 6. The van der Waals surface area contributed by atoms with E-state index in [9.17, 15) is 4.79 Å². The smallest absolute Gasteiger partial charge is 0.275 e. The van der Waals surface area contributed by atoms with Crippen LogP contribution in [-0.2, 0) is 11.5 Å². The zero-order valence-corrected chi connectivity index (χ0v) is 24.9. The van der Waals surface area contributed by atoms with Crippen LogP contribution in [0.1, 0.15) is 43.4 Å². The van der Waals surface area contributed by atoms with Crippen molar-refractivity contribution in [2.75, 3.05) is 6.61 Å². The molecule has 1 atom stereocenters. The first-order chi connectivity index (χ1) is 16.4. The van der Waals surface area contributed by atoms with Gasteiger partial charge in [0, 0.05) is 36.8 Å². The molecule has 0 aliphatic heterocycles. The maximum absolute atomic E-state index is 13.5. The first kappa shape index (κ1) is 25.9. The Morgan fingerprint density at radius 1 is 1.03 bits per heavy atom. The number of benzene rings is 2. The van der Waals surface area contributed by atoms with Crippen molar-refractivity contribution in [1.29, 1.82) is 0 Å². The van der Waals surface area contributed by atoms with Crippen LogP contribution in [0.2, 0.25) is 18.1 Å². The van der Waals surface area contributed by atoms with Crippen LogP contribution in [0.4, 0.5) is 0 Å². The van der Waals surface area contributed by atoms with Gasteiger partial charge in [-0.2, -0.15) is 0 Å². The predicted octanol–water partition coefficient (Wildman–Crippen LogP) is 7.40. The number of aryl methyl sites for hydroxylation is 2. The Morgan fingerprint density at radius 2 is 1.66 bits per heavy atom. The van der Waals surface area contributed by atoms with E-state index in [1.54, 1.807) is 4.57 Å². The summed E-state index contributed by atoms with van der Waals surface area (Å²) in [4.78, 5) is 13.5. The van der Waals surface area contributed by atoms with E-state index in [4.69, 9.17) is 4.43 Å². The molecule has 0 amide bonds. The van der Waals surface area contributed by atoms with Crippen molar-refractivity contribution < 1.29 is 4.43 Å². The van der Waals surface area contributed by atoms with Crippen LogP contribution in [0.15, 0.2) is 71.7 Å². The highest BCUT2D eigenvalue weighted by atomic mass is 127. The molecule has 0 saturated heterocycles. The summed E-state index contributed by atoms with van der Waals surface area (Å²) in [6.45, 7) is 14.1. The van der Waals surface area contributed by atoms with Crippen molar-refractivity contribution in [1.82, 2.24) is 9.13 Å². The van der Waals surface area contributed by atoms with Crippen LogP contribution in [-0.4, -0.2) is 24.1 Å². The van der Waals surface area contributed by atoms with Gasteiger partial charge >= 0.3 is 0 Å². The summed E-state index contributed by atoms with van der Waals surface area (Å²) in [5, 5.41) is 1.12. The second-order valence-corrected chi connectivity index (χ2v) is 16.8. The Hall–Kier alpha value is -2.16. The largest absolute Gasteiger partial charge is 0.416 e. The Balaban J connectivity index is 1.95. The molecule has 2 aromatic heterocycles. The molecule has 2 aromatic carbocycles. The molecule has 0 radical (unpaired) electrons. The monoisotopic (exact) mass is 598 g/mol. The molecule has 4 aromatic rings. The summed E-state index contributed by atoms with van der Waals surface area (Å²) in [6, 6.07) is 20.9. The van der Waals surface area contributed by atoms with Crippen LogP contribution >= 0.6 is 22.6 Å². The average Bonchev–Trinajstić information content (AvgIpc) is 3.14. The number of fused-ring (bicyclic) bond motifs is 1. The van der Waals surface area contributed by atoms with Gasteiger partial charge in [0.1, 0.15) is 5.52 Å². The lowest BCUT2D eigenvalue weighted by Gasteiger charge is -2.37. The molecule has 1 unspecified atom stereocenters. The summed E-state index contributed by atoms with van der Waals surface area (Å²) >= 11 is 2.35. The van der Waals surface area contributed by atoms with E-state index in [-0.39, 0.29) is 16.5 Å². The number of pyridine rings is 1. The Labute approximate surface area is 223 Å². The zero-order valence-electron chi connectivity index (χ0n) is 21.7. The van der Waals surface area contributed by atoms with Gasteiger partial charge in [0.05, 0.1) is 3.70 Å². The first-order valence-corrected chi connectivity index (χ1v) is 16.1. The second-order valence-electron chi connectivity index (χ2n) is 10.9. The lowest BCUT2D eigenvalue weighted by Crippen LogP contribution is -2.41. The summed E-state index contributed by atoms with van der Waals surface area (Å²) in [7, 11) is -0.115. The van der Waals surface area contributed by atoms with Gasteiger partial charge in [-0.3, -0.25) is 9.36 Å². The molecule has 4 nitrogen and oxygen atoms in total. The van der Waals surface area contributed by atoms with Gasteiger partial charge in [-0.25, -0.2) is 0 Å². The van der Waals surface area contributed by atoms with Crippen LogP contribution in [0, 0.1) is 10.6 Å². The molecule has 0 saturated carbocycles. The van der Waals surface area contributed by atoms with E-state index >= 15 is 0 Å². The van der Waals surface area contributed by atoms with E-state index in [0.29, 0.717) is 6.61 Å². The highest BCUT2D eigenvalue weighted by Crippen LogP contribution is 2.39. The Bertz CT molecular complexity index is 1410. The average molecular weight is 599 g/mol. The van der Waals surface area contributed by atoms with E-state index in [1.165, 1.54) is 5.56 Å². The van der Waals surface area contributed by atoms with Crippen molar-refractivity contribution in [2.45, 2.75) is 51.7 Å². The predicted molar refractivity (Wildman–Crippen MR) is 157 cm³/mol. The van der Waals surface area contributed by atoms with E-state index < -0.39 is 8.32 Å². The third kappa shape index (κ3) is 4.93. The Kier molecular flexibility index (Phi) is 7.19. The van der Waals surface area contributed by atoms with Crippen molar-refractivity contribution in [2.24, 2.45) is 7.05 Å². The van der Waals surface area contributed by atoms with Crippen molar-refractivity contribution in [3.63, 3.8) is 0 Å². The highest BCUT2D eigenvalue weighted by molar-refractivity contribution is 14.1. The highest BCUT2D eigenvalue weighted by Gasteiger charge is 2.38. The van der Waals surface area contributed by atoms with Gasteiger partial charge in [0.15, 0.2) is 8.32 Å². The molecule has 0 fully saturated rings. The van der Waals surface area contributed by atoms with Gasteiger partial charge in [-0.15, -0.1) is 0 Å². The molecule has 184 valence electrons. The maximum atomic E-state index is 13.5. The minimum absolute atomic E-state index is 0.00652. The molecule has 6 heteroatoms. The van der Waals surface area contributed by atoms with Crippen LogP contribution in [0.3, 0.4) is 0 Å². The fraction of sp³-hybridized carbons (Fsp3) is 0.345. The van der Waals surface area contributed by atoms with E-state index in [0.717, 1.165) is 31.4 Å². The number of aromatic nitrogens is 2. The molecular formula is C29H35IN2O2Si. The standard InChI is InChI=1S/C29H35IN2O2Si/c1-20-13-11-12-16-25(20)32-26(30)17-22-23(18-31(5)28(33)27(22)32)24(21-14-9-8-10-15-21)19-34-35(6,7)29(2,3)4/h8-18,24H,19H2,1-7H3. The summed E-state index contributed by atoms with van der Waals surface area (Å²) in [6.07, 6.45) is 2.01. The lowest BCUT2D eigenvalue weighted by atomic mass is 9.91. The molecule has 0 bridgehead atoms. The van der Waals surface area contributed by atoms with Crippen LogP contribution < -0.4 is 5.56 Å². The summed E-state index contributed by atoms with van der Waals surface area (Å²) in [5.41, 5.74) is 5.22. The molecule has 0 N–H and O–H groups in total. The first-order valence-electron chi connectivity index (χ1n) is 12.1. The van der Waals surface area contributed by atoms with Crippen molar-refractivity contribution in [3.8, 4) is 5.69 Å². The minimum atomic E-state index is -1.97. The van der Waals surface area contributed by atoms with Gasteiger partial charge in [-0.05, 0) is 76.5 Å². The number of para-hydroxylation sites is 1. The molecular weight excluding hydrogens is 563 g/mol. The second kappa shape index (κ2) is 9.71. The van der Waals surface area contributed by atoms with Gasteiger partial charge < -0.3 is 8.99 Å². The lowest BCUT2D eigenvalue weighted by molar-refractivity contribution is 0.276. The zero-order chi connectivity index (χ0) is 25.5. The fourth-order valence-electron chi connectivity index (χ4n) is 4.30. The number of hydrogen-bond donors (Lipinski definition) is 0. The fourth-order valence-corrected chi connectivity index (χ4v) is 6.13. The third-order valence-corrected chi connectivity index (χ3v) is 12.8. The number of hydrogen-bond acceptors (Lipinski definition) is 2. The van der Waals surface area contributed by atoms with Crippen LogP contribution in [0.5, 0.6) is 0 Å². The summed E-state index contributed by atoms with van der Waals surface area (Å²) < 4.78 is 11.6. The molecule has 35 heavy (non-hydrogen) atoms. The molecule has 0 aliphatic rings. The molecule has 2 heterocycles. The molecule has 4 rings (SSSR count). The normalized spacial score (nSPS) is 13.4. The van der Waals surface area contributed by atoms with Gasteiger partial charge in [0.2, 0.25) is 0 Å². The maximum Gasteiger partial charge on any atom is 0.275 e. The van der Waals surface area contributed by atoms with Gasteiger partial charge in [-0.1, -0.05) is 69.3 Å². The summed E-state index contributed by atoms with van der Waals surface area (Å²) in [5.74, 6) is 0.0168. The van der Waals surface area contributed by atoms with Crippen LogP contribution in [0.25, 0.3) is 16.6 Å². The van der Waals surface area contributed by atoms with E-state index in [1.807, 2.05) is 31.4 Å².